The molecule has 0 atom stereocenters. The van der Waals surface area contributed by atoms with E-state index < -0.39 is 36.4 Å². The van der Waals surface area contributed by atoms with Crippen molar-refractivity contribution in [3.8, 4) is 0 Å². The second-order valence-electron chi connectivity index (χ2n) is 2.42. The van der Waals surface area contributed by atoms with Gasteiger partial charge in [-0.05, 0) is 0 Å². The van der Waals surface area contributed by atoms with E-state index in [-0.39, 0.29) is 41.3 Å². The zero-order valence-electron chi connectivity index (χ0n) is 6.89. The van der Waals surface area contributed by atoms with Gasteiger partial charge in [0.05, 0.1) is 5.97 Å². The van der Waals surface area contributed by atoms with Crippen LogP contribution in [0.25, 0.3) is 0 Å². The molecular formula is C6H5O7Pr. The average molecular weight is 330 g/mol. The van der Waals surface area contributed by atoms with Gasteiger partial charge in [0.25, 0.3) is 0 Å². The molecule has 0 amide bonds. The summed E-state index contributed by atoms with van der Waals surface area (Å²) in [6, 6.07) is 0. The van der Waals surface area contributed by atoms with Crippen LogP contribution in [-0.2, 0) is 14.4 Å². The predicted molar refractivity (Wildman–Crippen MR) is 29.2 cm³/mol. The number of carboxylic acids is 3. The number of aliphatic hydroxyl groups is 1. The Kier molecular flexibility index (Phi) is 7.23. The topological polar surface area (TPSA) is 141 Å². The number of carbonyl (C=O) groups is 3. The van der Waals surface area contributed by atoms with Crippen molar-refractivity contribution in [2.24, 2.45) is 0 Å². The molecule has 0 saturated carbocycles. The van der Waals surface area contributed by atoms with Crippen molar-refractivity contribution in [3.63, 3.8) is 0 Å². The summed E-state index contributed by atoms with van der Waals surface area (Å²) in [4.78, 5) is 30.0. The predicted octanol–water partition coefficient (Wildman–Crippen LogP) is -5.25. The molecule has 0 aliphatic carbocycles. The number of hydrogen-bond donors (Lipinski definition) is 1. The summed E-state index contributed by atoms with van der Waals surface area (Å²) in [5.74, 6) is -5.98. The second-order valence-corrected chi connectivity index (χ2v) is 2.42. The Hall–Kier alpha value is -0.266. The SMILES string of the molecule is O=C([O-])CC(O)(CC(=O)[O-])C(=O)[O-].[Pr+3]. The van der Waals surface area contributed by atoms with Crippen LogP contribution in [0.5, 0.6) is 0 Å². The van der Waals surface area contributed by atoms with Crippen LogP contribution >= 0.6 is 0 Å². The molecule has 0 fully saturated rings. The molecule has 0 heterocycles. The maximum Gasteiger partial charge on any atom is 3.00 e. The van der Waals surface area contributed by atoms with Gasteiger partial charge in [0.2, 0.25) is 0 Å². The summed E-state index contributed by atoms with van der Waals surface area (Å²) in [6.45, 7) is 0. The summed E-state index contributed by atoms with van der Waals surface area (Å²) in [5, 5.41) is 38.9. The molecule has 74 valence electrons. The molecule has 0 aliphatic heterocycles. The van der Waals surface area contributed by atoms with Gasteiger partial charge in [-0.3, -0.25) is 0 Å². The maximum absolute atomic E-state index is 10.1. The normalized spacial score (nSPS) is 10.1. The van der Waals surface area contributed by atoms with E-state index in [1.807, 2.05) is 0 Å². The molecule has 0 bridgehead atoms. The third-order valence-corrected chi connectivity index (χ3v) is 1.25. The molecule has 8 heteroatoms. The first-order valence-corrected chi connectivity index (χ1v) is 3.11. The van der Waals surface area contributed by atoms with E-state index in [1.165, 1.54) is 0 Å². The van der Waals surface area contributed by atoms with Gasteiger partial charge in [0.1, 0.15) is 5.60 Å². The first-order valence-electron chi connectivity index (χ1n) is 3.11. The van der Waals surface area contributed by atoms with Gasteiger partial charge in [-0.25, -0.2) is 0 Å². The van der Waals surface area contributed by atoms with Crippen LogP contribution in [0.1, 0.15) is 12.8 Å². The van der Waals surface area contributed by atoms with Gasteiger partial charge in [-0.15, -0.1) is 0 Å². The van der Waals surface area contributed by atoms with Gasteiger partial charge in [-0.1, -0.05) is 0 Å². The van der Waals surface area contributed by atoms with Crippen molar-refractivity contribution in [2.45, 2.75) is 18.4 Å². The number of aliphatic carboxylic acids is 3. The Bertz CT molecular complexity index is 233. The Morgan fingerprint density at radius 3 is 1.43 bits per heavy atom. The zero-order valence-corrected chi connectivity index (χ0v) is 10.6. The summed E-state index contributed by atoms with van der Waals surface area (Å²) in [5.41, 5.74) is -2.97. The minimum Gasteiger partial charge on any atom is -0.550 e. The minimum absolute atomic E-state index is 0. The first kappa shape index (κ1) is 16.2. The number of carbonyl (C=O) groups excluding carboxylic acids is 3. The Morgan fingerprint density at radius 2 is 1.29 bits per heavy atom. The molecule has 0 aromatic carbocycles. The van der Waals surface area contributed by atoms with Crippen LogP contribution in [0.3, 0.4) is 0 Å². The summed E-state index contributed by atoms with van der Waals surface area (Å²) >= 11 is 0. The van der Waals surface area contributed by atoms with Crippen molar-refractivity contribution in [1.82, 2.24) is 0 Å². The zero-order chi connectivity index (χ0) is 10.6. The molecule has 0 aromatic rings. The molecule has 0 spiro atoms. The van der Waals surface area contributed by atoms with Gasteiger partial charge in [-0.2, -0.15) is 0 Å². The monoisotopic (exact) mass is 330 g/mol. The molecule has 1 N–H and O–H groups in total. The molecule has 0 radical (unpaired) electrons. The van der Waals surface area contributed by atoms with Gasteiger partial charge < -0.3 is 34.8 Å². The number of carboxylic acid groups (broad SMARTS) is 3. The van der Waals surface area contributed by atoms with Crippen LogP contribution < -0.4 is 15.3 Å². The van der Waals surface area contributed by atoms with Crippen LogP contribution in [0.4, 0.5) is 0 Å². The quantitative estimate of drug-likeness (QED) is 0.531. The van der Waals surface area contributed by atoms with E-state index in [0.717, 1.165) is 0 Å². The molecule has 0 unspecified atom stereocenters. The third kappa shape index (κ3) is 5.46. The molecule has 0 aromatic heterocycles. The Morgan fingerprint density at radius 1 is 1.00 bits per heavy atom. The fraction of sp³-hybridized carbons (Fsp3) is 0.500. The molecule has 0 aliphatic rings. The number of hydrogen-bond acceptors (Lipinski definition) is 7. The fourth-order valence-corrected chi connectivity index (χ4v) is 0.684. The maximum atomic E-state index is 10.1. The van der Waals surface area contributed by atoms with Crippen molar-refractivity contribution >= 4 is 17.9 Å². The molecular weight excluding hydrogens is 325 g/mol. The Labute approximate surface area is 112 Å². The van der Waals surface area contributed by atoms with E-state index in [2.05, 4.69) is 0 Å². The summed E-state index contributed by atoms with van der Waals surface area (Å²) in [6.07, 6.45) is -2.72. The molecule has 0 rings (SSSR count). The molecule has 7 nitrogen and oxygen atoms in total. The van der Waals surface area contributed by atoms with Crippen molar-refractivity contribution < 1.29 is 76.1 Å². The van der Waals surface area contributed by atoms with Crippen molar-refractivity contribution in [1.29, 1.82) is 0 Å². The largest absolute Gasteiger partial charge is 3.00 e. The van der Waals surface area contributed by atoms with E-state index >= 15 is 0 Å². The van der Waals surface area contributed by atoms with E-state index in [1.54, 1.807) is 0 Å². The van der Waals surface area contributed by atoms with E-state index in [0.29, 0.717) is 0 Å². The van der Waals surface area contributed by atoms with Crippen molar-refractivity contribution in [3.05, 3.63) is 0 Å². The van der Waals surface area contributed by atoms with E-state index in [9.17, 15) is 29.7 Å². The van der Waals surface area contributed by atoms with Crippen molar-refractivity contribution in [2.75, 3.05) is 0 Å². The van der Waals surface area contributed by atoms with Gasteiger partial charge in [0.15, 0.2) is 0 Å². The second kappa shape index (κ2) is 6.26. The number of rotatable bonds is 5. The van der Waals surface area contributed by atoms with Crippen LogP contribution in [0.15, 0.2) is 0 Å². The molecule has 14 heavy (non-hydrogen) atoms. The van der Waals surface area contributed by atoms with Gasteiger partial charge in [0, 0.05) is 24.8 Å². The minimum atomic E-state index is -2.97. The molecule has 0 saturated heterocycles. The van der Waals surface area contributed by atoms with Gasteiger partial charge >= 0.3 is 41.3 Å². The standard InChI is InChI=1S/C6H8O7.Pr/c7-3(8)1-6(13,5(11)12)2-4(9)10;/h13H,1-2H2,(H,7,8)(H,9,10)(H,11,12);/q;+3/p-3. The smallest absolute Gasteiger partial charge is 0.550 e. The summed E-state index contributed by atoms with van der Waals surface area (Å²) < 4.78 is 0. The van der Waals surface area contributed by atoms with Crippen LogP contribution in [-0.4, -0.2) is 28.6 Å². The Balaban J connectivity index is 0. The fourth-order valence-electron chi connectivity index (χ4n) is 0.684. The third-order valence-electron chi connectivity index (χ3n) is 1.25. The van der Waals surface area contributed by atoms with Crippen LogP contribution in [0, 0.1) is 41.3 Å². The average Bonchev–Trinajstić information content (AvgIpc) is 1.82. The first-order chi connectivity index (χ1) is 5.78. The van der Waals surface area contributed by atoms with Crippen LogP contribution in [0.2, 0.25) is 0 Å². The van der Waals surface area contributed by atoms with E-state index in [4.69, 9.17) is 5.11 Å². The summed E-state index contributed by atoms with van der Waals surface area (Å²) in [7, 11) is 0.